The van der Waals surface area contributed by atoms with E-state index in [9.17, 15) is 8.42 Å². The summed E-state index contributed by atoms with van der Waals surface area (Å²) < 4.78 is 25.1. The van der Waals surface area contributed by atoms with E-state index in [1.807, 2.05) is 36.4 Å². The maximum absolute atomic E-state index is 12.5. The third-order valence-corrected chi connectivity index (χ3v) is 7.37. The number of nitrogens with one attached hydrogen (secondary N) is 2. The van der Waals surface area contributed by atoms with Crippen molar-refractivity contribution in [3.63, 3.8) is 0 Å². The Labute approximate surface area is 183 Å². The van der Waals surface area contributed by atoms with Gasteiger partial charge in [-0.1, -0.05) is 53.2 Å². The minimum absolute atomic E-state index is 0.0726. The number of halogens is 2. The van der Waals surface area contributed by atoms with Gasteiger partial charge in [0.1, 0.15) is 4.90 Å². The molecule has 0 bridgehead atoms. The van der Waals surface area contributed by atoms with Gasteiger partial charge in [0.15, 0.2) is 0 Å². The molecule has 4 rings (SSSR count). The van der Waals surface area contributed by atoms with E-state index in [1.165, 1.54) is 18.2 Å². The van der Waals surface area contributed by atoms with Crippen molar-refractivity contribution in [2.24, 2.45) is 5.10 Å². The standard InChI is InChI=1S/C20H15Cl2N3O2S2/c1-12(24-25-29(26,27)20-11-14(21)7-8-15(20)22)13-6-9-19-17(10-13)23-16-4-2-3-5-18(16)28-19/h2-11,23,25H,1H3. The Balaban J connectivity index is 1.58. The van der Waals surface area contributed by atoms with Crippen LogP contribution in [0.5, 0.6) is 0 Å². The van der Waals surface area contributed by atoms with Crippen LogP contribution in [0.15, 0.2) is 80.5 Å². The molecule has 3 aromatic rings. The van der Waals surface area contributed by atoms with Gasteiger partial charge in [-0.15, -0.1) is 0 Å². The van der Waals surface area contributed by atoms with Gasteiger partial charge in [0.05, 0.1) is 22.1 Å². The maximum atomic E-state index is 12.5. The minimum atomic E-state index is -3.95. The van der Waals surface area contributed by atoms with Crippen LogP contribution >= 0.6 is 35.0 Å². The van der Waals surface area contributed by atoms with Crippen LogP contribution in [0, 0.1) is 0 Å². The predicted octanol–water partition coefficient (Wildman–Crippen LogP) is 5.90. The fraction of sp³-hybridized carbons (Fsp3) is 0.0500. The van der Waals surface area contributed by atoms with Gasteiger partial charge in [-0.05, 0) is 55.0 Å². The van der Waals surface area contributed by atoms with Gasteiger partial charge in [0.25, 0.3) is 10.0 Å². The first-order chi connectivity index (χ1) is 13.8. The van der Waals surface area contributed by atoms with E-state index in [-0.39, 0.29) is 14.9 Å². The van der Waals surface area contributed by atoms with E-state index in [0.717, 1.165) is 26.7 Å². The lowest BCUT2D eigenvalue weighted by Crippen LogP contribution is -2.20. The lowest BCUT2D eigenvalue weighted by atomic mass is 10.1. The first-order valence-corrected chi connectivity index (χ1v) is 11.6. The molecule has 0 radical (unpaired) electrons. The summed E-state index contributed by atoms with van der Waals surface area (Å²) in [6.07, 6.45) is 0. The Morgan fingerprint density at radius 2 is 1.76 bits per heavy atom. The molecule has 0 unspecified atom stereocenters. The molecule has 148 valence electrons. The highest BCUT2D eigenvalue weighted by Crippen LogP contribution is 2.44. The summed E-state index contributed by atoms with van der Waals surface area (Å²) >= 11 is 13.6. The predicted molar refractivity (Wildman–Crippen MR) is 119 cm³/mol. The molecule has 1 aliphatic rings. The zero-order valence-electron chi connectivity index (χ0n) is 15.1. The Kier molecular flexibility index (Phi) is 5.48. The SMILES string of the molecule is CC(=NNS(=O)(=O)c1cc(Cl)ccc1Cl)c1ccc2c(c1)Nc1ccccc1S2. The highest BCUT2D eigenvalue weighted by Gasteiger charge is 2.19. The number of para-hydroxylation sites is 1. The van der Waals surface area contributed by atoms with Crippen molar-refractivity contribution in [2.45, 2.75) is 21.6 Å². The number of anilines is 2. The first kappa shape index (κ1) is 20.1. The molecular weight excluding hydrogens is 449 g/mol. The molecule has 0 aliphatic carbocycles. The molecule has 0 aromatic heterocycles. The normalized spacial score (nSPS) is 13.3. The minimum Gasteiger partial charge on any atom is -0.354 e. The molecule has 0 fully saturated rings. The van der Waals surface area contributed by atoms with Crippen LogP contribution in [0.1, 0.15) is 12.5 Å². The third kappa shape index (κ3) is 4.23. The molecular formula is C20H15Cl2N3O2S2. The van der Waals surface area contributed by atoms with Crippen molar-refractivity contribution >= 4 is 62.1 Å². The highest BCUT2D eigenvalue weighted by atomic mass is 35.5. The van der Waals surface area contributed by atoms with E-state index in [1.54, 1.807) is 18.7 Å². The Hall–Kier alpha value is -2.19. The third-order valence-electron chi connectivity index (χ3n) is 4.29. The Morgan fingerprint density at radius 1 is 1.00 bits per heavy atom. The fourth-order valence-corrected chi connectivity index (χ4v) is 5.38. The van der Waals surface area contributed by atoms with Crippen molar-refractivity contribution in [1.29, 1.82) is 0 Å². The summed E-state index contributed by atoms with van der Waals surface area (Å²) in [7, 11) is -3.95. The van der Waals surface area contributed by atoms with Crippen LogP contribution in [0.2, 0.25) is 10.0 Å². The lowest BCUT2D eigenvalue weighted by Gasteiger charge is -2.21. The summed E-state index contributed by atoms with van der Waals surface area (Å²) in [5, 5.41) is 7.79. The summed E-state index contributed by atoms with van der Waals surface area (Å²) in [5.74, 6) is 0. The van der Waals surface area contributed by atoms with E-state index >= 15 is 0 Å². The van der Waals surface area contributed by atoms with Crippen LogP contribution < -0.4 is 10.1 Å². The monoisotopic (exact) mass is 463 g/mol. The number of hydrazone groups is 1. The van der Waals surface area contributed by atoms with Gasteiger partial charge >= 0.3 is 0 Å². The molecule has 0 saturated carbocycles. The summed E-state index contributed by atoms with van der Waals surface area (Å²) in [5.41, 5.74) is 3.28. The molecule has 1 heterocycles. The summed E-state index contributed by atoms with van der Waals surface area (Å²) in [6.45, 7) is 1.73. The number of hydrogen-bond acceptors (Lipinski definition) is 5. The van der Waals surface area contributed by atoms with Crippen molar-refractivity contribution in [1.82, 2.24) is 4.83 Å². The van der Waals surface area contributed by atoms with Crippen molar-refractivity contribution < 1.29 is 8.42 Å². The molecule has 29 heavy (non-hydrogen) atoms. The molecule has 9 heteroatoms. The van der Waals surface area contributed by atoms with Gasteiger partial charge in [-0.25, -0.2) is 0 Å². The van der Waals surface area contributed by atoms with Crippen LogP contribution in [-0.4, -0.2) is 14.1 Å². The Bertz CT molecular complexity index is 1240. The van der Waals surface area contributed by atoms with Crippen molar-refractivity contribution in [3.8, 4) is 0 Å². The van der Waals surface area contributed by atoms with E-state index in [0.29, 0.717) is 5.71 Å². The quantitative estimate of drug-likeness (QED) is 0.291. The second kappa shape index (κ2) is 7.91. The maximum Gasteiger partial charge on any atom is 0.278 e. The zero-order chi connectivity index (χ0) is 20.6. The van der Waals surface area contributed by atoms with Crippen molar-refractivity contribution in [3.05, 3.63) is 76.3 Å². The molecule has 3 aromatic carbocycles. The van der Waals surface area contributed by atoms with Crippen LogP contribution in [0.3, 0.4) is 0 Å². The second-order valence-corrected chi connectivity index (χ2v) is 9.86. The molecule has 0 amide bonds. The number of hydrogen-bond donors (Lipinski definition) is 2. The molecule has 2 N–H and O–H groups in total. The largest absolute Gasteiger partial charge is 0.354 e. The Morgan fingerprint density at radius 3 is 2.59 bits per heavy atom. The zero-order valence-corrected chi connectivity index (χ0v) is 18.3. The van der Waals surface area contributed by atoms with Crippen LogP contribution in [0.25, 0.3) is 0 Å². The fourth-order valence-electron chi connectivity index (χ4n) is 2.79. The topological polar surface area (TPSA) is 70.6 Å². The number of benzene rings is 3. The number of nitrogens with zero attached hydrogens (tertiary/aromatic N) is 1. The molecule has 0 atom stereocenters. The van der Waals surface area contributed by atoms with Crippen LogP contribution in [0.4, 0.5) is 11.4 Å². The van der Waals surface area contributed by atoms with Gasteiger partial charge in [-0.2, -0.15) is 18.4 Å². The number of fused-ring (bicyclic) bond motifs is 2. The van der Waals surface area contributed by atoms with E-state index < -0.39 is 10.0 Å². The smallest absolute Gasteiger partial charge is 0.278 e. The van der Waals surface area contributed by atoms with E-state index in [4.69, 9.17) is 23.2 Å². The lowest BCUT2D eigenvalue weighted by molar-refractivity contribution is 0.584. The molecule has 5 nitrogen and oxygen atoms in total. The summed E-state index contributed by atoms with van der Waals surface area (Å²) in [4.78, 5) is 4.35. The van der Waals surface area contributed by atoms with E-state index in [2.05, 4.69) is 21.3 Å². The van der Waals surface area contributed by atoms with Gasteiger partial charge < -0.3 is 5.32 Å². The summed E-state index contributed by atoms with van der Waals surface area (Å²) in [6, 6.07) is 18.1. The number of sulfonamides is 1. The second-order valence-electron chi connectivity index (χ2n) is 6.30. The van der Waals surface area contributed by atoms with Gasteiger partial charge in [-0.3, -0.25) is 0 Å². The average molecular weight is 464 g/mol. The molecule has 0 saturated heterocycles. The highest BCUT2D eigenvalue weighted by molar-refractivity contribution is 7.99. The molecule has 0 spiro atoms. The van der Waals surface area contributed by atoms with Gasteiger partial charge in [0, 0.05) is 14.8 Å². The number of rotatable bonds is 4. The first-order valence-electron chi connectivity index (χ1n) is 8.53. The van der Waals surface area contributed by atoms with Crippen molar-refractivity contribution in [2.75, 3.05) is 5.32 Å². The molecule has 1 aliphatic heterocycles. The van der Waals surface area contributed by atoms with Gasteiger partial charge in [0.2, 0.25) is 0 Å². The average Bonchev–Trinajstić information content (AvgIpc) is 2.71. The van der Waals surface area contributed by atoms with Crippen LogP contribution in [-0.2, 0) is 10.0 Å².